The third kappa shape index (κ3) is 3.28. The quantitative estimate of drug-likeness (QED) is 0.875. The Bertz CT molecular complexity index is 583. The van der Waals surface area contributed by atoms with Gasteiger partial charge in [-0.05, 0) is 48.8 Å². The number of halogens is 1. The van der Waals surface area contributed by atoms with Gasteiger partial charge in [-0.15, -0.1) is 11.3 Å². The van der Waals surface area contributed by atoms with Gasteiger partial charge < -0.3 is 10.1 Å². The Labute approximate surface area is 126 Å². The van der Waals surface area contributed by atoms with E-state index < -0.39 is 0 Å². The first-order chi connectivity index (χ1) is 9.01. The second-order valence-electron chi connectivity index (χ2n) is 4.39. The maximum Gasteiger partial charge on any atom is 0.135 e. The summed E-state index contributed by atoms with van der Waals surface area (Å²) in [6.45, 7) is 6.27. The zero-order valence-electron chi connectivity index (χ0n) is 11.5. The Morgan fingerprint density at radius 3 is 2.68 bits per heavy atom. The van der Waals surface area contributed by atoms with Crippen molar-refractivity contribution in [3.05, 3.63) is 38.3 Å². The molecule has 1 atom stereocenters. The number of nitrogens with zero attached hydrogens (tertiary/aromatic N) is 1. The van der Waals surface area contributed by atoms with Crippen molar-refractivity contribution in [3.8, 4) is 5.75 Å². The van der Waals surface area contributed by atoms with Gasteiger partial charge in [0, 0.05) is 16.6 Å². The van der Waals surface area contributed by atoms with E-state index in [-0.39, 0.29) is 6.04 Å². The zero-order valence-corrected chi connectivity index (χ0v) is 13.9. The fourth-order valence-electron chi connectivity index (χ4n) is 2.01. The van der Waals surface area contributed by atoms with Gasteiger partial charge >= 0.3 is 0 Å². The number of methoxy groups -OCH3 is 1. The molecule has 0 saturated heterocycles. The Hall–Kier alpha value is -1.07. The Kier molecular flexibility index (Phi) is 4.47. The van der Waals surface area contributed by atoms with Crippen LogP contribution < -0.4 is 10.1 Å². The summed E-state index contributed by atoms with van der Waals surface area (Å²) in [7, 11) is 1.67. The highest BCUT2D eigenvalue weighted by atomic mass is 79.9. The van der Waals surface area contributed by atoms with Crippen LogP contribution in [0.2, 0.25) is 0 Å². The molecule has 102 valence electrons. The summed E-state index contributed by atoms with van der Waals surface area (Å²) < 4.78 is 6.25. The summed E-state index contributed by atoms with van der Waals surface area (Å²) >= 11 is 5.19. The first-order valence-electron chi connectivity index (χ1n) is 6.05. The zero-order chi connectivity index (χ0) is 14.0. The van der Waals surface area contributed by atoms with E-state index in [0.717, 1.165) is 26.6 Å². The lowest BCUT2D eigenvalue weighted by Crippen LogP contribution is -2.08. The van der Waals surface area contributed by atoms with Gasteiger partial charge in [-0.25, -0.2) is 4.98 Å². The van der Waals surface area contributed by atoms with Crippen molar-refractivity contribution in [1.82, 2.24) is 4.98 Å². The van der Waals surface area contributed by atoms with Gasteiger partial charge in [-0.1, -0.05) is 0 Å². The van der Waals surface area contributed by atoms with Crippen molar-refractivity contribution in [1.29, 1.82) is 0 Å². The van der Waals surface area contributed by atoms with Crippen LogP contribution in [0.25, 0.3) is 0 Å². The predicted octanol–water partition coefficient (Wildman–Crippen LogP) is 4.70. The molecule has 0 aliphatic carbocycles. The van der Waals surface area contributed by atoms with Crippen molar-refractivity contribution in [2.75, 3.05) is 12.4 Å². The first kappa shape index (κ1) is 14.3. The lowest BCUT2D eigenvalue weighted by Gasteiger charge is -2.15. The van der Waals surface area contributed by atoms with Crippen LogP contribution in [-0.2, 0) is 0 Å². The van der Waals surface area contributed by atoms with Gasteiger partial charge in [0.05, 0.1) is 28.3 Å². The highest BCUT2D eigenvalue weighted by Crippen LogP contribution is 2.30. The summed E-state index contributed by atoms with van der Waals surface area (Å²) in [4.78, 5) is 5.85. The van der Waals surface area contributed by atoms with Crippen LogP contribution in [0, 0.1) is 13.8 Å². The molecule has 0 aliphatic rings. The standard InChI is InChI=1S/C14H17BrN2OS/c1-8(14-9(2)19-10(3)17-14)16-11-5-6-12(15)13(7-11)18-4/h5-8,16H,1-4H3. The highest BCUT2D eigenvalue weighted by molar-refractivity contribution is 9.10. The molecule has 1 N–H and O–H groups in total. The average Bonchev–Trinajstić information content (AvgIpc) is 2.71. The maximum atomic E-state index is 5.30. The van der Waals surface area contributed by atoms with E-state index in [1.165, 1.54) is 4.88 Å². The third-order valence-corrected chi connectivity index (χ3v) is 4.44. The minimum absolute atomic E-state index is 0.177. The molecule has 2 aromatic rings. The number of aromatic nitrogens is 1. The number of thiazole rings is 1. The molecule has 0 amide bonds. The topological polar surface area (TPSA) is 34.1 Å². The van der Waals surface area contributed by atoms with Gasteiger partial charge in [-0.2, -0.15) is 0 Å². The van der Waals surface area contributed by atoms with Gasteiger partial charge in [0.15, 0.2) is 0 Å². The second kappa shape index (κ2) is 5.92. The van der Waals surface area contributed by atoms with Crippen LogP contribution in [0.15, 0.2) is 22.7 Å². The normalized spacial score (nSPS) is 12.3. The van der Waals surface area contributed by atoms with E-state index in [1.54, 1.807) is 18.4 Å². The van der Waals surface area contributed by atoms with E-state index in [4.69, 9.17) is 4.74 Å². The maximum absolute atomic E-state index is 5.30. The van der Waals surface area contributed by atoms with Crippen LogP contribution in [0.4, 0.5) is 5.69 Å². The largest absolute Gasteiger partial charge is 0.495 e. The van der Waals surface area contributed by atoms with Crippen LogP contribution in [0.5, 0.6) is 5.75 Å². The lowest BCUT2D eigenvalue weighted by atomic mass is 10.2. The molecule has 0 saturated carbocycles. The molecule has 5 heteroatoms. The number of hydrogen-bond acceptors (Lipinski definition) is 4. The number of anilines is 1. The van der Waals surface area contributed by atoms with Crippen molar-refractivity contribution in [3.63, 3.8) is 0 Å². The molecular weight excluding hydrogens is 324 g/mol. The molecule has 1 aromatic heterocycles. The number of rotatable bonds is 4. The summed E-state index contributed by atoms with van der Waals surface area (Å²) in [6, 6.07) is 6.16. The molecule has 0 fully saturated rings. The number of benzene rings is 1. The summed E-state index contributed by atoms with van der Waals surface area (Å²) in [5.41, 5.74) is 2.14. The third-order valence-electron chi connectivity index (χ3n) is 2.88. The van der Waals surface area contributed by atoms with Gasteiger partial charge in [0.2, 0.25) is 0 Å². The second-order valence-corrected chi connectivity index (χ2v) is 6.65. The van der Waals surface area contributed by atoms with E-state index in [2.05, 4.69) is 40.1 Å². The van der Waals surface area contributed by atoms with E-state index in [9.17, 15) is 0 Å². The van der Waals surface area contributed by atoms with Gasteiger partial charge in [-0.3, -0.25) is 0 Å². The van der Waals surface area contributed by atoms with Crippen molar-refractivity contribution in [2.45, 2.75) is 26.8 Å². The van der Waals surface area contributed by atoms with E-state index in [1.807, 2.05) is 25.1 Å². The molecule has 0 aliphatic heterocycles. The molecule has 1 unspecified atom stereocenters. The number of ether oxygens (including phenoxy) is 1. The van der Waals surface area contributed by atoms with Crippen LogP contribution in [0.1, 0.15) is 28.5 Å². The van der Waals surface area contributed by atoms with Crippen LogP contribution >= 0.6 is 27.3 Å². The monoisotopic (exact) mass is 340 g/mol. The summed E-state index contributed by atoms with van der Waals surface area (Å²) in [5, 5.41) is 4.56. The number of hydrogen-bond donors (Lipinski definition) is 1. The van der Waals surface area contributed by atoms with Gasteiger partial charge in [0.25, 0.3) is 0 Å². The molecule has 0 spiro atoms. The Balaban J connectivity index is 2.19. The van der Waals surface area contributed by atoms with E-state index >= 15 is 0 Å². The molecule has 0 bridgehead atoms. The van der Waals surface area contributed by atoms with E-state index in [0.29, 0.717) is 0 Å². The lowest BCUT2D eigenvalue weighted by molar-refractivity contribution is 0.412. The van der Waals surface area contributed by atoms with Gasteiger partial charge in [0.1, 0.15) is 5.75 Å². The molecule has 3 nitrogen and oxygen atoms in total. The fourth-order valence-corrected chi connectivity index (χ4v) is 3.34. The predicted molar refractivity (Wildman–Crippen MR) is 84.3 cm³/mol. The minimum atomic E-state index is 0.177. The average molecular weight is 341 g/mol. The van der Waals surface area contributed by atoms with Crippen molar-refractivity contribution in [2.24, 2.45) is 0 Å². The highest BCUT2D eigenvalue weighted by Gasteiger charge is 2.13. The molecule has 0 radical (unpaired) electrons. The van der Waals surface area contributed by atoms with Crippen LogP contribution in [0.3, 0.4) is 0 Å². The molecular formula is C14H17BrN2OS. The smallest absolute Gasteiger partial charge is 0.135 e. The fraction of sp³-hybridized carbons (Fsp3) is 0.357. The number of nitrogens with one attached hydrogen (secondary N) is 1. The van der Waals surface area contributed by atoms with Crippen molar-refractivity contribution < 1.29 is 4.74 Å². The Morgan fingerprint density at radius 2 is 2.11 bits per heavy atom. The number of aryl methyl sites for hydroxylation is 2. The molecule has 2 rings (SSSR count). The minimum Gasteiger partial charge on any atom is -0.495 e. The summed E-state index contributed by atoms with van der Waals surface area (Å²) in [5.74, 6) is 0.823. The molecule has 1 heterocycles. The molecule has 19 heavy (non-hydrogen) atoms. The SMILES string of the molecule is COc1cc(NC(C)c2nc(C)sc2C)ccc1Br. The Morgan fingerprint density at radius 1 is 1.37 bits per heavy atom. The van der Waals surface area contributed by atoms with Crippen molar-refractivity contribution >= 4 is 33.0 Å². The van der Waals surface area contributed by atoms with Crippen LogP contribution in [-0.4, -0.2) is 12.1 Å². The molecule has 1 aromatic carbocycles. The summed E-state index contributed by atoms with van der Waals surface area (Å²) in [6.07, 6.45) is 0. The first-order valence-corrected chi connectivity index (χ1v) is 7.66.